The summed E-state index contributed by atoms with van der Waals surface area (Å²) in [5.74, 6) is -1.26. The van der Waals surface area contributed by atoms with Crippen LogP contribution in [-0.2, 0) is 19.1 Å². The summed E-state index contributed by atoms with van der Waals surface area (Å²) in [4.78, 5) is 35.1. The first-order chi connectivity index (χ1) is 11.1. The first kappa shape index (κ1) is 16.7. The van der Waals surface area contributed by atoms with Crippen molar-refractivity contribution in [2.75, 3.05) is 19.0 Å². The van der Waals surface area contributed by atoms with Crippen LogP contribution >= 0.6 is 0 Å². The quantitative estimate of drug-likeness (QED) is 0.643. The number of nitrogens with one attached hydrogen (secondary N) is 1. The molecule has 0 saturated heterocycles. The number of rotatable bonds is 6. The predicted molar refractivity (Wildman–Crippen MR) is 83.9 cm³/mol. The molecule has 1 amide bonds. The number of amides is 1. The number of ether oxygens (including phenoxy) is 2. The average molecular weight is 317 g/mol. The van der Waals surface area contributed by atoms with Crippen LogP contribution in [0, 0.1) is 5.92 Å². The Morgan fingerprint density at radius 2 is 2.04 bits per heavy atom. The third kappa shape index (κ3) is 4.95. The molecule has 0 aromatic heterocycles. The molecule has 0 spiro atoms. The van der Waals surface area contributed by atoms with E-state index in [1.54, 1.807) is 24.3 Å². The number of methoxy groups -OCH3 is 1. The zero-order valence-corrected chi connectivity index (χ0v) is 12.9. The second kappa shape index (κ2) is 8.12. The lowest BCUT2D eigenvalue weighted by Crippen LogP contribution is -2.22. The maximum atomic E-state index is 11.9. The van der Waals surface area contributed by atoms with Crippen molar-refractivity contribution in [3.05, 3.63) is 42.0 Å². The van der Waals surface area contributed by atoms with Gasteiger partial charge < -0.3 is 14.8 Å². The minimum atomic E-state index is -0.550. The molecule has 1 aliphatic carbocycles. The molecule has 1 N–H and O–H groups in total. The van der Waals surface area contributed by atoms with Crippen LogP contribution in [0.5, 0.6) is 0 Å². The fourth-order valence-electron chi connectivity index (χ4n) is 2.35. The Morgan fingerprint density at radius 1 is 1.26 bits per heavy atom. The van der Waals surface area contributed by atoms with E-state index in [1.165, 1.54) is 7.11 Å². The minimum Gasteiger partial charge on any atom is -0.465 e. The smallest absolute Gasteiger partial charge is 0.339 e. The second-order valence-corrected chi connectivity index (χ2v) is 5.22. The van der Waals surface area contributed by atoms with Gasteiger partial charge >= 0.3 is 11.9 Å². The molecule has 23 heavy (non-hydrogen) atoms. The number of carbonyl (C=O) groups excluding carboxylic acids is 3. The van der Waals surface area contributed by atoms with Crippen LogP contribution in [0.25, 0.3) is 0 Å². The van der Waals surface area contributed by atoms with Crippen molar-refractivity contribution in [2.45, 2.75) is 19.3 Å². The maximum Gasteiger partial charge on any atom is 0.339 e. The molecular formula is C17H19NO5. The van der Waals surface area contributed by atoms with Crippen molar-refractivity contribution in [3.63, 3.8) is 0 Å². The van der Waals surface area contributed by atoms with Crippen molar-refractivity contribution in [1.29, 1.82) is 0 Å². The van der Waals surface area contributed by atoms with Crippen molar-refractivity contribution >= 4 is 23.5 Å². The number of allylic oxidation sites excluding steroid dienone is 2. The van der Waals surface area contributed by atoms with Crippen molar-refractivity contribution in [3.8, 4) is 0 Å². The van der Waals surface area contributed by atoms with E-state index in [9.17, 15) is 14.4 Å². The van der Waals surface area contributed by atoms with Gasteiger partial charge in [0.25, 0.3) is 5.91 Å². The second-order valence-electron chi connectivity index (χ2n) is 5.22. The SMILES string of the molecule is COC(=O)c1ccccc1NC(=O)COC(=O)C[C@@H]1C=CCC1. The standard InChI is InChI=1S/C17H19NO5/c1-22-17(21)13-8-4-5-9-14(13)18-15(19)11-23-16(20)10-12-6-2-3-7-12/h2,4-6,8-9,12H,3,7,10-11H2,1H3,(H,18,19)/t12-/m1/s1. The maximum absolute atomic E-state index is 11.9. The van der Waals surface area contributed by atoms with E-state index in [0.717, 1.165) is 12.8 Å². The fourth-order valence-corrected chi connectivity index (χ4v) is 2.35. The fraction of sp³-hybridized carbons (Fsp3) is 0.353. The van der Waals surface area contributed by atoms with Crippen LogP contribution in [0.2, 0.25) is 0 Å². The van der Waals surface area contributed by atoms with E-state index in [4.69, 9.17) is 4.74 Å². The molecular weight excluding hydrogens is 298 g/mol. The normalized spacial score (nSPS) is 16.0. The molecule has 1 aliphatic rings. The summed E-state index contributed by atoms with van der Waals surface area (Å²) in [5.41, 5.74) is 0.560. The molecule has 0 bridgehead atoms. The highest BCUT2D eigenvalue weighted by Gasteiger charge is 2.17. The summed E-state index contributed by atoms with van der Waals surface area (Å²) < 4.78 is 9.61. The zero-order chi connectivity index (χ0) is 16.7. The Labute approximate surface area is 134 Å². The molecule has 1 atom stereocenters. The van der Waals surface area contributed by atoms with Crippen molar-refractivity contribution in [2.24, 2.45) is 5.92 Å². The number of hydrogen-bond donors (Lipinski definition) is 1. The highest BCUT2D eigenvalue weighted by molar-refractivity contribution is 6.01. The predicted octanol–water partition coefficient (Wildman–Crippen LogP) is 2.31. The molecule has 0 radical (unpaired) electrons. The summed E-state index contributed by atoms with van der Waals surface area (Å²) in [6.07, 6.45) is 6.22. The van der Waals surface area contributed by atoms with Crippen molar-refractivity contribution in [1.82, 2.24) is 0 Å². The van der Waals surface area contributed by atoms with Crippen LogP contribution < -0.4 is 5.32 Å². The first-order valence-corrected chi connectivity index (χ1v) is 7.39. The number of para-hydroxylation sites is 1. The van der Waals surface area contributed by atoms with Crippen LogP contribution in [0.3, 0.4) is 0 Å². The van der Waals surface area contributed by atoms with E-state index >= 15 is 0 Å². The molecule has 122 valence electrons. The van der Waals surface area contributed by atoms with Gasteiger partial charge in [0.1, 0.15) is 0 Å². The molecule has 1 aromatic carbocycles. The molecule has 0 unspecified atom stereocenters. The zero-order valence-electron chi connectivity index (χ0n) is 12.9. The van der Waals surface area contributed by atoms with E-state index in [0.29, 0.717) is 5.69 Å². The molecule has 2 rings (SSSR count). The summed E-state index contributed by atoms with van der Waals surface area (Å²) in [6.45, 7) is -0.384. The van der Waals surface area contributed by atoms with Gasteiger partial charge in [-0.05, 0) is 30.9 Å². The van der Waals surface area contributed by atoms with Gasteiger partial charge in [-0.1, -0.05) is 24.3 Å². The lowest BCUT2D eigenvalue weighted by atomic mass is 10.1. The van der Waals surface area contributed by atoms with Crippen molar-refractivity contribution < 1.29 is 23.9 Å². The van der Waals surface area contributed by atoms with Gasteiger partial charge in [-0.25, -0.2) is 4.79 Å². The number of benzene rings is 1. The lowest BCUT2D eigenvalue weighted by molar-refractivity contribution is -0.147. The Balaban J connectivity index is 1.84. The van der Waals surface area contributed by atoms with Gasteiger partial charge in [0.2, 0.25) is 0 Å². The molecule has 0 fully saturated rings. The summed E-state index contributed by atoms with van der Waals surface area (Å²) in [7, 11) is 1.26. The average Bonchev–Trinajstić information content (AvgIpc) is 3.05. The van der Waals surface area contributed by atoms with Gasteiger partial charge in [-0.3, -0.25) is 9.59 Å². The van der Waals surface area contributed by atoms with Gasteiger partial charge in [0.05, 0.1) is 24.8 Å². The van der Waals surface area contributed by atoms with Crippen LogP contribution in [0.1, 0.15) is 29.6 Å². The van der Waals surface area contributed by atoms with E-state index < -0.39 is 17.8 Å². The first-order valence-electron chi connectivity index (χ1n) is 7.39. The highest BCUT2D eigenvalue weighted by atomic mass is 16.5. The van der Waals surface area contributed by atoms with E-state index in [1.807, 2.05) is 12.2 Å². The third-order valence-electron chi connectivity index (χ3n) is 3.51. The number of hydrogen-bond acceptors (Lipinski definition) is 5. The van der Waals surface area contributed by atoms with Gasteiger partial charge in [0, 0.05) is 0 Å². The molecule has 0 saturated carbocycles. The van der Waals surface area contributed by atoms with Crippen LogP contribution in [0.15, 0.2) is 36.4 Å². The Hall–Kier alpha value is -2.63. The summed E-state index contributed by atoms with van der Waals surface area (Å²) >= 11 is 0. The number of carbonyl (C=O) groups is 3. The molecule has 6 nitrogen and oxygen atoms in total. The third-order valence-corrected chi connectivity index (χ3v) is 3.51. The van der Waals surface area contributed by atoms with Gasteiger partial charge in [-0.2, -0.15) is 0 Å². The monoisotopic (exact) mass is 317 g/mol. The summed E-state index contributed by atoms with van der Waals surface area (Å²) in [6, 6.07) is 6.47. The summed E-state index contributed by atoms with van der Waals surface area (Å²) in [5, 5.41) is 2.54. The molecule has 1 aromatic rings. The minimum absolute atomic E-state index is 0.200. The van der Waals surface area contributed by atoms with E-state index in [2.05, 4.69) is 10.1 Å². The van der Waals surface area contributed by atoms with Gasteiger partial charge in [0.15, 0.2) is 6.61 Å². The Kier molecular flexibility index (Phi) is 5.91. The lowest BCUT2D eigenvalue weighted by Gasteiger charge is -2.11. The highest BCUT2D eigenvalue weighted by Crippen LogP contribution is 2.20. The molecule has 6 heteroatoms. The van der Waals surface area contributed by atoms with Gasteiger partial charge in [-0.15, -0.1) is 0 Å². The number of anilines is 1. The van der Waals surface area contributed by atoms with Crippen LogP contribution in [-0.4, -0.2) is 31.6 Å². The Morgan fingerprint density at radius 3 is 2.74 bits per heavy atom. The largest absolute Gasteiger partial charge is 0.465 e. The molecule has 0 aliphatic heterocycles. The molecule has 0 heterocycles. The number of esters is 2. The van der Waals surface area contributed by atoms with E-state index in [-0.39, 0.29) is 24.5 Å². The Bertz CT molecular complexity index is 623. The topological polar surface area (TPSA) is 81.7 Å². The van der Waals surface area contributed by atoms with Crippen LogP contribution in [0.4, 0.5) is 5.69 Å².